The van der Waals surface area contributed by atoms with Crippen molar-refractivity contribution in [2.75, 3.05) is 4.90 Å². The molecule has 0 aliphatic carbocycles. The number of amides is 4. The van der Waals surface area contributed by atoms with Crippen molar-refractivity contribution < 1.29 is 14.4 Å². The summed E-state index contributed by atoms with van der Waals surface area (Å²) >= 11 is 5.97. The van der Waals surface area contributed by atoms with Crippen LogP contribution >= 0.6 is 11.6 Å². The molecule has 162 valence electrons. The maximum absolute atomic E-state index is 13.3. The second kappa shape index (κ2) is 9.37. The average Bonchev–Trinajstić information content (AvgIpc) is 3.04. The maximum atomic E-state index is 13.3. The Bertz CT molecular complexity index is 1120. The van der Waals surface area contributed by atoms with Crippen LogP contribution in [-0.2, 0) is 16.0 Å². The predicted molar refractivity (Wildman–Crippen MR) is 125 cm³/mol. The van der Waals surface area contributed by atoms with Crippen LogP contribution in [0.3, 0.4) is 0 Å². The molecular formula is C26H23ClN2O3. The summed E-state index contributed by atoms with van der Waals surface area (Å²) < 4.78 is 0. The van der Waals surface area contributed by atoms with Gasteiger partial charge in [0.15, 0.2) is 0 Å². The Labute approximate surface area is 192 Å². The summed E-state index contributed by atoms with van der Waals surface area (Å²) in [5, 5.41) is 0.619. The highest BCUT2D eigenvalue weighted by atomic mass is 35.5. The minimum atomic E-state index is -0.880. The summed E-state index contributed by atoms with van der Waals surface area (Å²) in [6.07, 6.45) is 0.379. The summed E-state index contributed by atoms with van der Waals surface area (Å²) in [6, 6.07) is 23.9. The topological polar surface area (TPSA) is 57.7 Å². The van der Waals surface area contributed by atoms with E-state index in [0.29, 0.717) is 10.7 Å². The van der Waals surface area contributed by atoms with Crippen LogP contribution in [0.15, 0.2) is 84.9 Å². The van der Waals surface area contributed by atoms with Gasteiger partial charge in [0, 0.05) is 17.9 Å². The van der Waals surface area contributed by atoms with Crippen molar-refractivity contribution in [1.29, 1.82) is 0 Å². The third-order valence-electron chi connectivity index (χ3n) is 5.69. The van der Waals surface area contributed by atoms with Gasteiger partial charge in [-0.3, -0.25) is 14.5 Å². The van der Waals surface area contributed by atoms with Crippen LogP contribution in [-0.4, -0.2) is 28.8 Å². The molecule has 0 spiro atoms. The van der Waals surface area contributed by atoms with E-state index < -0.39 is 18.0 Å². The maximum Gasteiger partial charge on any atom is 0.338 e. The van der Waals surface area contributed by atoms with Crippen molar-refractivity contribution in [2.24, 2.45) is 0 Å². The largest absolute Gasteiger partial charge is 0.338 e. The van der Waals surface area contributed by atoms with Crippen LogP contribution in [0.25, 0.3) is 0 Å². The minimum absolute atomic E-state index is 0.106. The third-order valence-corrected chi connectivity index (χ3v) is 5.94. The first-order valence-electron chi connectivity index (χ1n) is 10.5. The standard InChI is InChI=1S/C26H23ClN2O3/c1-18(20-12-14-21(27)15-13-20)16-24(30)29-23(17-19-8-4-2-5-9-19)25(31)28(26(29)32)22-10-6-3-7-11-22/h2-15,18,23H,16-17H2,1H3/t18-,23-/m0/s1. The Morgan fingerprint density at radius 2 is 1.50 bits per heavy atom. The molecule has 0 saturated carbocycles. The molecule has 1 fully saturated rings. The zero-order chi connectivity index (χ0) is 22.7. The molecule has 4 amide bonds. The fraction of sp³-hybridized carbons (Fsp3) is 0.192. The molecule has 1 saturated heterocycles. The molecule has 2 atom stereocenters. The number of urea groups is 1. The van der Waals surface area contributed by atoms with E-state index in [9.17, 15) is 14.4 Å². The lowest BCUT2D eigenvalue weighted by molar-refractivity contribution is -0.133. The molecule has 4 rings (SSSR count). The molecule has 0 radical (unpaired) electrons. The molecule has 0 N–H and O–H groups in total. The van der Waals surface area contributed by atoms with E-state index in [1.807, 2.05) is 55.5 Å². The first-order valence-corrected chi connectivity index (χ1v) is 10.9. The van der Waals surface area contributed by atoms with Crippen LogP contribution in [0, 0.1) is 0 Å². The highest BCUT2D eigenvalue weighted by molar-refractivity contribution is 6.30. The van der Waals surface area contributed by atoms with Gasteiger partial charge in [0.2, 0.25) is 5.91 Å². The van der Waals surface area contributed by atoms with Crippen LogP contribution < -0.4 is 4.90 Å². The van der Waals surface area contributed by atoms with Crippen molar-refractivity contribution in [1.82, 2.24) is 4.90 Å². The van der Waals surface area contributed by atoms with Gasteiger partial charge < -0.3 is 0 Å². The van der Waals surface area contributed by atoms with Crippen LogP contribution in [0.1, 0.15) is 30.4 Å². The quantitative estimate of drug-likeness (QED) is 0.474. The van der Waals surface area contributed by atoms with Gasteiger partial charge in [-0.05, 0) is 41.3 Å². The summed E-state index contributed by atoms with van der Waals surface area (Å²) in [5.41, 5.74) is 2.29. The molecule has 0 bridgehead atoms. The highest BCUT2D eigenvalue weighted by Gasteiger charge is 2.48. The predicted octanol–water partition coefficient (Wildman–Crippen LogP) is 5.44. The van der Waals surface area contributed by atoms with Crippen molar-refractivity contribution in [3.63, 3.8) is 0 Å². The number of carbonyl (C=O) groups is 3. The molecule has 0 aromatic heterocycles. The summed E-state index contributed by atoms with van der Waals surface area (Å²) in [4.78, 5) is 42.2. The molecule has 32 heavy (non-hydrogen) atoms. The van der Waals surface area contributed by atoms with Crippen LogP contribution in [0.2, 0.25) is 5.02 Å². The zero-order valence-corrected chi connectivity index (χ0v) is 18.4. The normalized spacial score (nSPS) is 17.0. The number of benzene rings is 3. The van der Waals surface area contributed by atoms with Crippen molar-refractivity contribution in [3.05, 3.63) is 101 Å². The number of imide groups is 2. The number of rotatable bonds is 6. The zero-order valence-electron chi connectivity index (χ0n) is 17.6. The monoisotopic (exact) mass is 446 g/mol. The molecule has 5 nitrogen and oxygen atoms in total. The van der Waals surface area contributed by atoms with E-state index in [1.54, 1.807) is 36.4 Å². The van der Waals surface area contributed by atoms with Gasteiger partial charge in [0.1, 0.15) is 6.04 Å². The third kappa shape index (κ3) is 4.43. The van der Waals surface area contributed by atoms with Crippen LogP contribution in [0.5, 0.6) is 0 Å². The molecule has 3 aromatic rings. The Hall–Kier alpha value is -3.44. The van der Waals surface area contributed by atoms with E-state index in [0.717, 1.165) is 20.9 Å². The molecule has 6 heteroatoms. The first-order chi connectivity index (χ1) is 15.5. The Kier molecular flexibility index (Phi) is 6.37. The lowest BCUT2D eigenvalue weighted by atomic mass is 9.96. The molecule has 3 aromatic carbocycles. The first kappa shape index (κ1) is 21.8. The number of halogens is 1. The van der Waals surface area contributed by atoms with Crippen molar-refractivity contribution in [3.8, 4) is 0 Å². The van der Waals surface area contributed by atoms with E-state index in [4.69, 9.17) is 11.6 Å². The van der Waals surface area contributed by atoms with Gasteiger partial charge >= 0.3 is 6.03 Å². The second-order valence-corrected chi connectivity index (χ2v) is 8.35. The Morgan fingerprint density at radius 3 is 2.12 bits per heavy atom. The lowest BCUT2D eigenvalue weighted by Gasteiger charge is -2.22. The summed E-state index contributed by atoms with van der Waals surface area (Å²) in [6.45, 7) is 1.92. The average molecular weight is 447 g/mol. The lowest BCUT2D eigenvalue weighted by Crippen LogP contribution is -2.42. The molecule has 1 aliphatic rings. The van der Waals surface area contributed by atoms with Crippen LogP contribution in [0.4, 0.5) is 10.5 Å². The minimum Gasteiger partial charge on any atom is -0.274 e. The number of hydrogen-bond donors (Lipinski definition) is 0. The molecule has 1 aliphatic heterocycles. The van der Waals surface area contributed by atoms with Gasteiger partial charge in [0.25, 0.3) is 5.91 Å². The van der Waals surface area contributed by atoms with E-state index in [-0.39, 0.29) is 24.7 Å². The van der Waals surface area contributed by atoms with Gasteiger partial charge in [-0.15, -0.1) is 0 Å². The van der Waals surface area contributed by atoms with Crippen molar-refractivity contribution in [2.45, 2.75) is 31.7 Å². The van der Waals surface area contributed by atoms with Gasteiger partial charge in [0.05, 0.1) is 5.69 Å². The smallest absolute Gasteiger partial charge is 0.274 e. The SMILES string of the molecule is C[C@@H](CC(=O)N1C(=O)N(c2ccccc2)C(=O)[C@@H]1Cc1ccccc1)c1ccc(Cl)cc1. The van der Waals surface area contributed by atoms with E-state index in [1.165, 1.54) is 0 Å². The number of para-hydroxylation sites is 1. The van der Waals surface area contributed by atoms with Gasteiger partial charge in [-0.25, -0.2) is 9.69 Å². The van der Waals surface area contributed by atoms with Crippen molar-refractivity contribution >= 4 is 35.1 Å². The van der Waals surface area contributed by atoms with E-state index in [2.05, 4.69) is 0 Å². The Balaban J connectivity index is 1.62. The summed E-state index contributed by atoms with van der Waals surface area (Å²) in [5.74, 6) is -0.895. The number of carbonyl (C=O) groups excluding carboxylic acids is 3. The molecular weight excluding hydrogens is 424 g/mol. The highest BCUT2D eigenvalue weighted by Crippen LogP contribution is 2.30. The number of anilines is 1. The summed E-state index contributed by atoms with van der Waals surface area (Å²) in [7, 11) is 0. The van der Waals surface area contributed by atoms with Gasteiger partial charge in [-0.1, -0.05) is 79.2 Å². The second-order valence-electron chi connectivity index (χ2n) is 7.92. The Morgan fingerprint density at radius 1 is 0.906 bits per heavy atom. The van der Waals surface area contributed by atoms with E-state index >= 15 is 0 Å². The number of hydrogen-bond acceptors (Lipinski definition) is 3. The molecule has 0 unspecified atom stereocenters. The fourth-order valence-electron chi connectivity index (χ4n) is 3.98. The number of nitrogens with zero attached hydrogens (tertiary/aromatic N) is 2. The molecule has 1 heterocycles. The fourth-order valence-corrected chi connectivity index (χ4v) is 4.10. The van der Waals surface area contributed by atoms with Gasteiger partial charge in [-0.2, -0.15) is 0 Å².